The second-order valence-corrected chi connectivity index (χ2v) is 5.48. The van der Waals surface area contributed by atoms with E-state index in [4.69, 9.17) is 14.6 Å². The average Bonchev–Trinajstić information content (AvgIpc) is 3.00. The van der Waals surface area contributed by atoms with Gasteiger partial charge in [-0.3, -0.25) is 0 Å². The molecule has 0 amide bonds. The van der Waals surface area contributed by atoms with Crippen molar-refractivity contribution in [2.75, 3.05) is 19.8 Å². The molecule has 0 aliphatic rings. The van der Waals surface area contributed by atoms with Gasteiger partial charge in [-0.1, -0.05) is 18.2 Å². The Kier molecular flexibility index (Phi) is 6.24. The van der Waals surface area contributed by atoms with E-state index in [0.717, 1.165) is 12.8 Å². The molecule has 4 nitrogen and oxygen atoms in total. The summed E-state index contributed by atoms with van der Waals surface area (Å²) in [5.41, 5.74) is 0.191. The number of carboxylic acids is 1. The Morgan fingerprint density at radius 3 is 2.71 bits per heavy atom. The number of thiophene rings is 1. The van der Waals surface area contributed by atoms with E-state index < -0.39 is 5.97 Å². The van der Waals surface area contributed by atoms with E-state index in [9.17, 15) is 4.79 Å². The van der Waals surface area contributed by atoms with Gasteiger partial charge in [-0.05, 0) is 23.6 Å². The molecule has 1 aromatic heterocycles. The Balaban J connectivity index is 1.60. The first kappa shape index (κ1) is 15.5. The van der Waals surface area contributed by atoms with Gasteiger partial charge >= 0.3 is 5.97 Å². The van der Waals surface area contributed by atoms with Gasteiger partial charge in [0.25, 0.3) is 0 Å². The minimum atomic E-state index is -0.974. The van der Waals surface area contributed by atoms with Crippen LogP contribution in [0.1, 0.15) is 21.7 Å². The van der Waals surface area contributed by atoms with Crippen LogP contribution in [0.2, 0.25) is 0 Å². The topological polar surface area (TPSA) is 55.8 Å². The fourth-order valence-corrected chi connectivity index (χ4v) is 2.53. The SMILES string of the molecule is O=C(O)c1ccccc1OCCCOCCc1cccs1. The predicted octanol–water partition coefficient (Wildman–Crippen LogP) is 3.47. The molecular weight excluding hydrogens is 288 g/mol. The summed E-state index contributed by atoms with van der Waals surface area (Å²) < 4.78 is 11.0. The minimum Gasteiger partial charge on any atom is -0.493 e. The molecule has 2 rings (SSSR count). The zero-order chi connectivity index (χ0) is 14.9. The fourth-order valence-electron chi connectivity index (χ4n) is 1.84. The van der Waals surface area contributed by atoms with Gasteiger partial charge < -0.3 is 14.6 Å². The summed E-state index contributed by atoms with van der Waals surface area (Å²) in [6, 6.07) is 10.8. The second kappa shape index (κ2) is 8.44. The Morgan fingerprint density at radius 2 is 1.95 bits per heavy atom. The third kappa shape index (κ3) is 5.21. The van der Waals surface area contributed by atoms with Crippen LogP contribution < -0.4 is 4.74 Å². The molecule has 0 atom stereocenters. The van der Waals surface area contributed by atoms with Crippen LogP contribution in [0.4, 0.5) is 0 Å². The summed E-state index contributed by atoms with van der Waals surface area (Å²) in [4.78, 5) is 12.3. The van der Waals surface area contributed by atoms with Crippen molar-refractivity contribution in [2.24, 2.45) is 0 Å². The Morgan fingerprint density at radius 1 is 1.10 bits per heavy atom. The highest BCUT2D eigenvalue weighted by Crippen LogP contribution is 2.17. The van der Waals surface area contributed by atoms with Gasteiger partial charge in [-0.2, -0.15) is 0 Å². The van der Waals surface area contributed by atoms with E-state index in [1.54, 1.807) is 29.5 Å². The second-order valence-electron chi connectivity index (χ2n) is 4.45. The zero-order valence-electron chi connectivity index (χ0n) is 11.7. The first-order valence-electron chi connectivity index (χ1n) is 6.82. The molecule has 0 aliphatic heterocycles. The van der Waals surface area contributed by atoms with Crippen molar-refractivity contribution in [1.82, 2.24) is 0 Å². The van der Waals surface area contributed by atoms with Crippen LogP contribution in [0.15, 0.2) is 41.8 Å². The van der Waals surface area contributed by atoms with E-state index in [2.05, 4.69) is 11.4 Å². The van der Waals surface area contributed by atoms with Crippen molar-refractivity contribution in [3.8, 4) is 5.75 Å². The van der Waals surface area contributed by atoms with Crippen molar-refractivity contribution in [1.29, 1.82) is 0 Å². The molecule has 1 N–H and O–H groups in total. The average molecular weight is 306 g/mol. The molecule has 0 unspecified atom stereocenters. The molecule has 1 aromatic carbocycles. The van der Waals surface area contributed by atoms with Crippen LogP contribution >= 0.6 is 11.3 Å². The van der Waals surface area contributed by atoms with Crippen molar-refractivity contribution in [3.63, 3.8) is 0 Å². The monoisotopic (exact) mass is 306 g/mol. The van der Waals surface area contributed by atoms with Gasteiger partial charge in [-0.15, -0.1) is 11.3 Å². The summed E-state index contributed by atoms with van der Waals surface area (Å²) in [6.45, 7) is 1.76. The molecule has 0 saturated carbocycles. The van der Waals surface area contributed by atoms with Gasteiger partial charge in [0.2, 0.25) is 0 Å². The normalized spacial score (nSPS) is 10.5. The van der Waals surface area contributed by atoms with E-state index in [1.807, 2.05) is 6.07 Å². The largest absolute Gasteiger partial charge is 0.493 e. The van der Waals surface area contributed by atoms with Gasteiger partial charge in [0.05, 0.1) is 13.2 Å². The number of rotatable bonds is 9. The Bertz CT molecular complexity index is 551. The molecule has 112 valence electrons. The molecule has 5 heteroatoms. The first-order valence-corrected chi connectivity index (χ1v) is 7.70. The van der Waals surface area contributed by atoms with Crippen molar-refractivity contribution in [3.05, 3.63) is 52.2 Å². The summed E-state index contributed by atoms with van der Waals surface area (Å²) in [5, 5.41) is 11.1. The van der Waals surface area contributed by atoms with Crippen molar-refractivity contribution >= 4 is 17.3 Å². The standard InChI is InChI=1S/C16H18O4S/c17-16(18)14-6-1-2-7-15(14)20-10-4-9-19-11-8-13-5-3-12-21-13/h1-3,5-7,12H,4,8-11H2,(H,17,18). The van der Waals surface area contributed by atoms with E-state index in [-0.39, 0.29) is 5.56 Å². The minimum absolute atomic E-state index is 0.191. The zero-order valence-corrected chi connectivity index (χ0v) is 12.5. The fraction of sp³-hybridized carbons (Fsp3) is 0.312. The molecule has 21 heavy (non-hydrogen) atoms. The van der Waals surface area contributed by atoms with Gasteiger partial charge in [0.1, 0.15) is 11.3 Å². The smallest absolute Gasteiger partial charge is 0.339 e. The molecular formula is C16H18O4S. The number of hydrogen-bond donors (Lipinski definition) is 1. The van der Waals surface area contributed by atoms with Crippen molar-refractivity contribution < 1.29 is 19.4 Å². The molecule has 0 fully saturated rings. The summed E-state index contributed by atoms with van der Waals surface area (Å²) >= 11 is 1.73. The number of carboxylic acid groups (broad SMARTS) is 1. The maximum absolute atomic E-state index is 11.0. The maximum Gasteiger partial charge on any atom is 0.339 e. The van der Waals surface area contributed by atoms with E-state index >= 15 is 0 Å². The van der Waals surface area contributed by atoms with Crippen LogP contribution in [0.3, 0.4) is 0 Å². The molecule has 0 bridgehead atoms. The quantitative estimate of drug-likeness (QED) is 0.721. The predicted molar refractivity (Wildman–Crippen MR) is 82.4 cm³/mol. The van der Waals surface area contributed by atoms with E-state index in [1.165, 1.54) is 10.9 Å². The van der Waals surface area contributed by atoms with Gasteiger partial charge in [0.15, 0.2) is 0 Å². The summed E-state index contributed by atoms with van der Waals surface area (Å²) in [6.07, 6.45) is 1.67. The molecule has 2 aromatic rings. The lowest BCUT2D eigenvalue weighted by Crippen LogP contribution is -2.07. The summed E-state index contributed by atoms with van der Waals surface area (Å²) in [7, 11) is 0. The lowest BCUT2D eigenvalue weighted by molar-refractivity contribution is 0.0691. The third-order valence-corrected chi connectivity index (χ3v) is 3.82. The van der Waals surface area contributed by atoms with Gasteiger partial charge in [-0.25, -0.2) is 4.79 Å². The highest BCUT2D eigenvalue weighted by atomic mass is 32.1. The molecule has 0 spiro atoms. The Hall–Kier alpha value is -1.85. The third-order valence-electron chi connectivity index (χ3n) is 2.88. The number of para-hydroxylation sites is 1. The lowest BCUT2D eigenvalue weighted by Gasteiger charge is -2.09. The van der Waals surface area contributed by atoms with Crippen LogP contribution in [0.25, 0.3) is 0 Å². The number of aromatic carboxylic acids is 1. The lowest BCUT2D eigenvalue weighted by atomic mass is 10.2. The summed E-state index contributed by atoms with van der Waals surface area (Å²) in [5.74, 6) is -0.568. The van der Waals surface area contributed by atoms with E-state index in [0.29, 0.717) is 25.6 Å². The van der Waals surface area contributed by atoms with Crippen LogP contribution in [0, 0.1) is 0 Å². The van der Waals surface area contributed by atoms with Crippen LogP contribution in [0.5, 0.6) is 5.75 Å². The molecule has 1 heterocycles. The van der Waals surface area contributed by atoms with Crippen LogP contribution in [-0.2, 0) is 11.2 Å². The van der Waals surface area contributed by atoms with Gasteiger partial charge in [0, 0.05) is 24.3 Å². The van der Waals surface area contributed by atoms with Crippen molar-refractivity contribution in [2.45, 2.75) is 12.8 Å². The number of carbonyl (C=O) groups is 1. The number of ether oxygens (including phenoxy) is 2. The Labute approximate surface area is 128 Å². The first-order chi connectivity index (χ1) is 10.3. The van der Waals surface area contributed by atoms with Crippen LogP contribution in [-0.4, -0.2) is 30.9 Å². The number of hydrogen-bond acceptors (Lipinski definition) is 4. The molecule has 0 saturated heterocycles. The highest BCUT2D eigenvalue weighted by Gasteiger charge is 2.09. The maximum atomic E-state index is 11.0. The highest BCUT2D eigenvalue weighted by molar-refractivity contribution is 7.09. The molecule has 0 aliphatic carbocycles. The molecule has 0 radical (unpaired) electrons. The number of benzene rings is 1.